The maximum absolute atomic E-state index is 11.0. The third kappa shape index (κ3) is 2.06. The molecule has 1 rings (SSSR count). The quantitative estimate of drug-likeness (QED) is 0.341. The maximum atomic E-state index is 11.0. The number of aliphatic hydroxyl groups is 1. The van der Waals surface area contributed by atoms with E-state index in [1.54, 1.807) is 0 Å². The smallest absolute Gasteiger partial charge is 0.269 e. The number of benzene rings is 1. The summed E-state index contributed by atoms with van der Waals surface area (Å²) in [5.74, 6) is -2.70. The molecular weight excluding hydrogens is 230 g/mol. The summed E-state index contributed by atoms with van der Waals surface area (Å²) in [4.78, 5) is 31.8. The normalized spacial score (nSPS) is 10.9. The third-order valence-corrected chi connectivity index (χ3v) is 2.21. The van der Waals surface area contributed by atoms with Crippen molar-refractivity contribution >= 4 is 17.5 Å². The van der Waals surface area contributed by atoms with Crippen LogP contribution in [0.3, 0.4) is 0 Å². The Bertz CT molecular complexity index is 468. The van der Waals surface area contributed by atoms with E-state index in [2.05, 4.69) is 0 Å². The Morgan fingerprint density at radius 2 is 1.59 bits per heavy atom. The van der Waals surface area contributed by atoms with Gasteiger partial charge in [0, 0.05) is 17.7 Å². The molecule has 0 saturated carbocycles. The van der Waals surface area contributed by atoms with Gasteiger partial charge in [0.2, 0.25) is 5.60 Å². The molecule has 0 unspecified atom stereocenters. The van der Waals surface area contributed by atoms with E-state index in [-0.39, 0.29) is 11.3 Å². The van der Waals surface area contributed by atoms with Crippen LogP contribution in [0.5, 0.6) is 0 Å². The van der Waals surface area contributed by atoms with E-state index in [9.17, 15) is 24.8 Å². The first-order valence-electron chi connectivity index (χ1n) is 4.37. The van der Waals surface area contributed by atoms with Crippen molar-refractivity contribution in [2.24, 2.45) is 11.5 Å². The number of nitrogens with two attached hydrogens (primary N) is 2. The Morgan fingerprint density at radius 3 is 1.88 bits per heavy atom. The van der Waals surface area contributed by atoms with Gasteiger partial charge in [-0.25, -0.2) is 0 Å². The topological polar surface area (TPSA) is 150 Å². The Morgan fingerprint density at radius 1 is 1.18 bits per heavy atom. The second-order valence-corrected chi connectivity index (χ2v) is 3.24. The van der Waals surface area contributed by atoms with Gasteiger partial charge in [0.1, 0.15) is 0 Å². The van der Waals surface area contributed by atoms with Crippen LogP contribution in [0.4, 0.5) is 5.69 Å². The number of rotatable bonds is 4. The Hall–Kier alpha value is -2.48. The van der Waals surface area contributed by atoms with Gasteiger partial charge < -0.3 is 16.6 Å². The lowest BCUT2D eigenvalue weighted by Crippen LogP contribution is -2.51. The Labute approximate surface area is 95.0 Å². The van der Waals surface area contributed by atoms with Crippen molar-refractivity contribution < 1.29 is 19.6 Å². The number of nitro groups is 1. The average Bonchev–Trinajstić information content (AvgIpc) is 2.27. The highest BCUT2D eigenvalue weighted by molar-refractivity contribution is 6.07. The molecule has 1 aromatic rings. The van der Waals surface area contributed by atoms with Gasteiger partial charge in [0.15, 0.2) is 0 Å². The van der Waals surface area contributed by atoms with Gasteiger partial charge in [0.05, 0.1) is 4.92 Å². The molecule has 0 atom stereocenters. The van der Waals surface area contributed by atoms with Gasteiger partial charge in [-0.05, 0) is 12.1 Å². The molecule has 0 radical (unpaired) electrons. The molecule has 0 bridgehead atoms. The van der Waals surface area contributed by atoms with E-state index in [0.717, 1.165) is 24.3 Å². The van der Waals surface area contributed by atoms with E-state index < -0.39 is 22.3 Å². The van der Waals surface area contributed by atoms with E-state index in [1.807, 2.05) is 0 Å². The van der Waals surface area contributed by atoms with Crippen LogP contribution in [-0.2, 0) is 15.2 Å². The lowest BCUT2D eigenvalue weighted by molar-refractivity contribution is -0.384. The monoisotopic (exact) mass is 239 g/mol. The summed E-state index contributed by atoms with van der Waals surface area (Å²) in [6.07, 6.45) is 0. The zero-order chi connectivity index (χ0) is 13.2. The average molecular weight is 239 g/mol. The van der Waals surface area contributed by atoms with Crippen molar-refractivity contribution in [3.63, 3.8) is 0 Å². The number of primary amides is 2. The van der Waals surface area contributed by atoms with Crippen LogP contribution in [0, 0.1) is 10.1 Å². The minimum Gasteiger partial charge on any atom is -0.368 e. The molecule has 0 fully saturated rings. The molecule has 8 nitrogen and oxygen atoms in total. The number of hydrogen-bond donors (Lipinski definition) is 3. The van der Waals surface area contributed by atoms with Crippen LogP contribution >= 0.6 is 0 Å². The Balaban J connectivity index is 3.27. The molecule has 0 aromatic heterocycles. The summed E-state index contributed by atoms with van der Waals surface area (Å²) in [5, 5.41) is 20.1. The molecule has 0 heterocycles. The molecule has 0 aliphatic rings. The molecule has 90 valence electrons. The van der Waals surface area contributed by atoms with E-state index in [1.165, 1.54) is 0 Å². The van der Waals surface area contributed by atoms with Gasteiger partial charge in [-0.3, -0.25) is 19.7 Å². The van der Waals surface area contributed by atoms with Crippen molar-refractivity contribution in [2.45, 2.75) is 5.60 Å². The molecule has 17 heavy (non-hydrogen) atoms. The van der Waals surface area contributed by atoms with Crippen molar-refractivity contribution in [1.29, 1.82) is 0 Å². The zero-order valence-electron chi connectivity index (χ0n) is 8.49. The molecule has 1 aromatic carbocycles. The Kier molecular flexibility index (Phi) is 3.09. The fraction of sp³-hybridized carbons (Fsp3) is 0.111. The second-order valence-electron chi connectivity index (χ2n) is 3.24. The third-order valence-electron chi connectivity index (χ3n) is 2.21. The highest BCUT2D eigenvalue weighted by Gasteiger charge is 2.42. The number of hydrogen-bond acceptors (Lipinski definition) is 5. The van der Waals surface area contributed by atoms with Crippen LogP contribution < -0.4 is 11.5 Å². The lowest BCUT2D eigenvalue weighted by atomic mass is 9.92. The first-order valence-corrected chi connectivity index (χ1v) is 4.37. The number of non-ortho nitro benzene ring substituents is 1. The molecule has 2 amide bonds. The molecule has 0 aliphatic heterocycles. The maximum Gasteiger partial charge on any atom is 0.269 e. The van der Waals surface area contributed by atoms with Gasteiger partial charge in [-0.2, -0.15) is 0 Å². The molecule has 5 N–H and O–H groups in total. The van der Waals surface area contributed by atoms with Gasteiger partial charge in [0.25, 0.3) is 17.5 Å². The van der Waals surface area contributed by atoms with Gasteiger partial charge in [-0.15, -0.1) is 0 Å². The predicted molar refractivity (Wildman–Crippen MR) is 55.4 cm³/mol. The number of nitro benzene ring substituents is 1. The second kappa shape index (κ2) is 4.18. The number of nitrogens with zero attached hydrogens (tertiary/aromatic N) is 1. The van der Waals surface area contributed by atoms with Crippen LogP contribution in [0.2, 0.25) is 0 Å². The molecule has 0 saturated heterocycles. The summed E-state index contributed by atoms with van der Waals surface area (Å²) < 4.78 is 0. The number of amides is 2. The number of carbonyl (C=O) groups excluding carboxylic acids is 2. The molecular formula is C9H9N3O5. The zero-order valence-corrected chi connectivity index (χ0v) is 8.49. The summed E-state index contributed by atoms with van der Waals surface area (Å²) in [6.45, 7) is 0. The summed E-state index contributed by atoms with van der Waals surface area (Å²) in [6, 6.07) is 4.11. The van der Waals surface area contributed by atoms with Crippen LogP contribution in [0.15, 0.2) is 24.3 Å². The van der Waals surface area contributed by atoms with Crippen molar-refractivity contribution in [3.8, 4) is 0 Å². The van der Waals surface area contributed by atoms with E-state index in [4.69, 9.17) is 11.5 Å². The van der Waals surface area contributed by atoms with Crippen molar-refractivity contribution in [1.82, 2.24) is 0 Å². The van der Waals surface area contributed by atoms with Gasteiger partial charge in [-0.1, -0.05) is 0 Å². The highest BCUT2D eigenvalue weighted by atomic mass is 16.6. The van der Waals surface area contributed by atoms with Crippen molar-refractivity contribution in [3.05, 3.63) is 39.9 Å². The van der Waals surface area contributed by atoms with E-state index in [0.29, 0.717) is 0 Å². The highest BCUT2D eigenvalue weighted by Crippen LogP contribution is 2.23. The van der Waals surface area contributed by atoms with Crippen LogP contribution in [-0.4, -0.2) is 21.8 Å². The standard InChI is InChI=1S/C9H9N3O5/c10-7(13)9(15,8(11)14)5-1-3-6(4-2-5)12(16)17/h1-4,15H,(H2,10,13)(H2,11,14). The first kappa shape index (κ1) is 12.6. The predicted octanol–water partition coefficient (Wildman–Crippen LogP) is -1.25. The first-order chi connectivity index (χ1) is 7.80. The largest absolute Gasteiger partial charge is 0.368 e. The SMILES string of the molecule is NC(=O)C(O)(C(N)=O)c1ccc([N+](=O)[O-])cc1. The molecule has 8 heteroatoms. The minimum absolute atomic E-state index is 0.219. The van der Waals surface area contributed by atoms with Crippen LogP contribution in [0.25, 0.3) is 0 Å². The lowest BCUT2D eigenvalue weighted by Gasteiger charge is -2.20. The summed E-state index contributed by atoms with van der Waals surface area (Å²) in [5.41, 5.74) is 6.61. The fourth-order valence-electron chi connectivity index (χ4n) is 1.23. The minimum atomic E-state index is -2.67. The summed E-state index contributed by atoms with van der Waals surface area (Å²) in [7, 11) is 0. The number of carbonyl (C=O) groups is 2. The molecule has 0 aliphatic carbocycles. The van der Waals surface area contributed by atoms with Crippen molar-refractivity contribution in [2.75, 3.05) is 0 Å². The van der Waals surface area contributed by atoms with E-state index >= 15 is 0 Å². The fourth-order valence-corrected chi connectivity index (χ4v) is 1.23. The molecule has 0 spiro atoms. The van der Waals surface area contributed by atoms with Crippen LogP contribution in [0.1, 0.15) is 5.56 Å². The summed E-state index contributed by atoms with van der Waals surface area (Å²) >= 11 is 0. The van der Waals surface area contributed by atoms with Gasteiger partial charge >= 0.3 is 0 Å².